The number of aromatic hydroxyl groups is 2. The molecular weight excluding hydrogens is 548 g/mol. The molecule has 0 radical (unpaired) electrons. The van der Waals surface area contributed by atoms with E-state index >= 15 is 0 Å². The second-order valence-corrected chi connectivity index (χ2v) is 17.0. The summed E-state index contributed by atoms with van der Waals surface area (Å²) in [4.78, 5) is 26.7. The van der Waals surface area contributed by atoms with Crippen LogP contribution in [0, 0.1) is 62.6 Å². The lowest BCUT2D eigenvalue weighted by molar-refractivity contribution is -0.242. The first-order valence-electron chi connectivity index (χ1n) is 17.2. The van der Waals surface area contributed by atoms with E-state index in [1.54, 1.807) is 24.3 Å². The summed E-state index contributed by atoms with van der Waals surface area (Å²) in [7, 11) is 0. The van der Waals surface area contributed by atoms with E-state index in [9.17, 15) is 24.9 Å². The van der Waals surface area contributed by atoms with Crippen LogP contribution in [0.4, 0.5) is 0 Å². The van der Waals surface area contributed by atoms with Gasteiger partial charge >= 0.3 is 5.97 Å². The van der Waals surface area contributed by atoms with Crippen molar-refractivity contribution in [2.45, 2.75) is 106 Å². The zero-order chi connectivity index (χ0) is 32.0. The van der Waals surface area contributed by atoms with Crippen LogP contribution in [0.1, 0.15) is 111 Å². The first-order valence-corrected chi connectivity index (χ1v) is 17.2. The van der Waals surface area contributed by atoms with Gasteiger partial charge in [0.1, 0.15) is 0 Å². The largest absolute Gasteiger partial charge is 0.504 e. The van der Waals surface area contributed by atoms with Crippen LogP contribution in [0.3, 0.4) is 0 Å². The lowest BCUT2D eigenvalue weighted by Gasteiger charge is -2.72. The van der Waals surface area contributed by atoms with Crippen molar-refractivity contribution in [3.8, 4) is 11.5 Å². The van der Waals surface area contributed by atoms with Crippen molar-refractivity contribution in [1.29, 1.82) is 0 Å². The van der Waals surface area contributed by atoms with Crippen molar-refractivity contribution >= 4 is 17.8 Å². The molecule has 5 fully saturated rings. The number of rotatable bonds is 5. The number of benzene rings is 1. The zero-order valence-corrected chi connectivity index (χ0v) is 27.8. The van der Waals surface area contributed by atoms with Crippen LogP contribution >= 0.6 is 0 Å². The molecule has 6 rings (SSSR count). The maximum absolute atomic E-state index is 13.7. The van der Waals surface area contributed by atoms with Crippen LogP contribution in [0.5, 0.6) is 11.5 Å². The van der Waals surface area contributed by atoms with E-state index in [0.717, 1.165) is 64.2 Å². The van der Waals surface area contributed by atoms with E-state index < -0.39 is 11.4 Å². The van der Waals surface area contributed by atoms with Gasteiger partial charge in [-0.05, 0) is 141 Å². The third-order valence-corrected chi connectivity index (χ3v) is 15.3. The highest BCUT2D eigenvalue weighted by molar-refractivity contribution is 5.96. The van der Waals surface area contributed by atoms with Gasteiger partial charge in [-0.15, -0.1) is 0 Å². The molecule has 0 aliphatic heterocycles. The summed E-state index contributed by atoms with van der Waals surface area (Å²) < 4.78 is 0. The van der Waals surface area contributed by atoms with E-state index in [1.165, 1.54) is 11.6 Å². The molecule has 0 amide bonds. The van der Waals surface area contributed by atoms with Crippen LogP contribution in [-0.2, 0) is 9.59 Å². The van der Waals surface area contributed by atoms with E-state index in [0.29, 0.717) is 29.2 Å². The van der Waals surface area contributed by atoms with Gasteiger partial charge in [0.2, 0.25) is 0 Å². The van der Waals surface area contributed by atoms with Gasteiger partial charge in [-0.2, -0.15) is 0 Å². The topological polar surface area (TPSA) is 94.8 Å². The fourth-order valence-corrected chi connectivity index (χ4v) is 13.0. The van der Waals surface area contributed by atoms with E-state index in [2.05, 4.69) is 48.1 Å². The summed E-state index contributed by atoms with van der Waals surface area (Å²) in [5, 5.41) is 30.8. The first kappa shape index (κ1) is 31.4. The number of carbonyl (C=O) groups is 2. The second kappa shape index (κ2) is 10.2. The molecule has 44 heavy (non-hydrogen) atoms. The normalized spacial score (nSPS) is 44.2. The molecule has 0 heterocycles. The summed E-state index contributed by atoms with van der Waals surface area (Å²) >= 11 is 0. The molecule has 5 nitrogen and oxygen atoms in total. The third kappa shape index (κ3) is 4.09. The highest BCUT2D eigenvalue weighted by Gasteiger charge is 2.72. The van der Waals surface area contributed by atoms with Crippen molar-refractivity contribution in [2.24, 2.45) is 62.6 Å². The highest BCUT2D eigenvalue weighted by atomic mass is 16.4. The number of carboxylic acid groups (broad SMARTS) is 1. The van der Waals surface area contributed by atoms with Crippen molar-refractivity contribution < 1.29 is 24.9 Å². The van der Waals surface area contributed by atoms with Gasteiger partial charge in [0.05, 0.1) is 5.41 Å². The molecule has 5 aliphatic rings. The summed E-state index contributed by atoms with van der Waals surface area (Å²) in [6, 6.07) is 4.81. The summed E-state index contributed by atoms with van der Waals surface area (Å²) in [6.07, 6.45) is 13.1. The van der Waals surface area contributed by atoms with Gasteiger partial charge in [-0.1, -0.05) is 58.9 Å². The minimum atomic E-state index is -0.596. The van der Waals surface area contributed by atoms with Crippen molar-refractivity contribution in [3.05, 3.63) is 42.0 Å². The van der Waals surface area contributed by atoms with Gasteiger partial charge < -0.3 is 15.3 Å². The molecule has 3 N–H and O–H groups in total. The molecule has 0 unspecified atom stereocenters. The monoisotopic (exact) mass is 602 g/mol. The zero-order valence-electron chi connectivity index (χ0n) is 27.8. The predicted octanol–water partition coefficient (Wildman–Crippen LogP) is 9.04. The van der Waals surface area contributed by atoms with Crippen molar-refractivity contribution in [2.75, 3.05) is 0 Å². The smallest absolute Gasteiger partial charge is 0.309 e. The number of ketones is 1. The van der Waals surface area contributed by atoms with Crippen LogP contribution < -0.4 is 0 Å². The minimum absolute atomic E-state index is 0.0896. The highest BCUT2D eigenvalue weighted by Crippen LogP contribution is 2.77. The first-order chi connectivity index (χ1) is 20.5. The Labute approximate surface area is 264 Å². The fraction of sp³-hybridized carbons (Fsp3) is 0.692. The Morgan fingerprint density at radius 2 is 1.59 bits per heavy atom. The molecule has 5 aliphatic carbocycles. The summed E-state index contributed by atoms with van der Waals surface area (Å²) in [5.41, 5.74) is 1.20. The van der Waals surface area contributed by atoms with Gasteiger partial charge in [0.15, 0.2) is 17.3 Å². The number of para-hydroxylation sites is 1. The summed E-state index contributed by atoms with van der Waals surface area (Å²) in [5.74, 6) is 0.926. The Balaban J connectivity index is 1.29. The molecule has 5 saturated carbocycles. The Morgan fingerprint density at radius 3 is 2.27 bits per heavy atom. The SMILES string of the molecule is C=C(C)[C@@H]1CC[C@]2(C(=O)O)CC[C@]3(C)[C@H](CC[C@@H]4[C@@]5(C)CC[C@H](C(=O)/C=C/c6cccc(O)c6O)C(C)(C)[C@@H]5CC[C@]43C)[C@@H]12. The Morgan fingerprint density at radius 1 is 0.864 bits per heavy atom. The fourth-order valence-electron chi connectivity index (χ4n) is 13.0. The number of allylic oxidation sites excluding steroid dienone is 2. The minimum Gasteiger partial charge on any atom is -0.504 e. The number of carbonyl (C=O) groups excluding carboxylic acids is 1. The van der Waals surface area contributed by atoms with Gasteiger partial charge in [-0.25, -0.2) is 0 Å². The lowest BCUT2D eigenvalue weighted by atomic mass is 9.32. The van der Waals surface area contributed by atoms with Crippen LogP contribution in [0.25, 0.3) is 6.08 Å². The maximum Gasteiger partial charge on any atom is 0.309 e. The number of phenolic OH excluding ortho intramolecular Hbond substituents is 2. The van der Waals surface area contributed by atoms with E-state index in [1.807, 2.05) is 0 Å². The number of phenols is 2. The van der Waals surface area contributed by atoms with Gasteiger partial charge in [-0.3, -0.25) is 9.59 Å². The molecule has 5 heteroatoms. The molecule has 240 valence electrons. The molecular formula is C39H54O5. The summed E-state index contributed by atoms with van der Waals surface area (Å²) in [6.45, 7) is 18.7. The quantitative estimate of drug-likeness (QED) is 0.178. The number of fused-ring (bicyclic) bond motifs is 7. The van der Waals surface area contributed by atoms with Gasteiger partial charge in [0, 0.05) is 11.5 Å². The van der Waals surface area contributed by atoms with E-state index in [-0.39, 0.29) is 50.8 Å². The third-order valence-electron chi connectivity index (χ3n) is 15.3. The van der Waals surface area contributed by atoms with Crippen molar-refractivity contribution in [3.63, 3.8) is 0 Å². The predicted molar refractivity (Wildman–Crippen MR) is 174 cm³/mol. The Kier molecular flexibility index (Phi) is 7.30. The maximum atomic E-state index is 13.7. The molecule has 10 atom stereocenters. The Hall–Kier alpha value is -2.56. The standard InChI is InChI=1S/C39H54O5/c1-23(2)25-15-20-39(34(43)44)22-21-37(6)27(32(25)39)12-14-31-36(5)18-16-26(35(3,4)30(36)17-19-38(31,37)7)28(40)13-11-24-9-8-10-29(41)33(24)42/h8-11,13,25-27,30-32,41-42H,1,12,14-22H2,2-7H3,(H,43,44)/b13-11+/t25-,26+,27+,30-,31+,32+,36-,37+,38+,39-/m0/s1. The average Bonchev–Trinajstić information content (AvgIpc) is 3.35. The molecule has 0 spiro atoms. The molecule has 0 aromatic heterocycles. The number of aliphatic carboxylic acids is 1. The van der Waals surface area contributed by atoms with Crippen LogP contribution in [0.2, 0.25) is 0 Å². The van der Waals surface area contributed by atoms with Crippen LogP contribution in [0.15, 0.2) is 36.4 Å². The molecule has 0 saturated heterocycles. The van der Waals surface area contributed by atoms with Crippen LogP contribution in [-0.4, -0.2) is 27.1 Å². The average molecular weight is 603 g/mol. The molecule has 0 bridgehead atoms. The number of hydrogen-bond acceptors (Lipinski definition) is 4. The number of hydrogen-bond donors (Lipinski definition) is 3. The van der Waals surface area contributed by atoms with Gasteiger partial charge in [0.25, 0.3) is 0 Å². The number of carboxylic acids is 1. The van der Waals surface area contributed by atoms with Crippen molar-refractivity contribution in [1.82, 2.24) is 0 Å². The second-order valence-electron chi connectivity index (χ2n) is 17.0. The molecule has 1 aromatic rings. The molecule has 1 aromatic carbocycles. The lowest BCUT2D eigenvalue weighted by Crippen LogP contribution is -2.66. The Bertz CT molecular complexity index is 1410. The van der Waals surface area contributed by atoms with E-state index in [4.69, 9.17) is 0 Å².